The molecule has 2 aromatic heterocycles. The predicted octanol–water partition coefficient (Wildman–Crippen LogP) is 2.48. The van der Waals surface area contributed by atoms with E-state index >= 15 is 0 Å². The number of nitrogens with zero attached hydrogens (tertiary/aromatic N) is 3. The third-order valence-electron chi connectivity index (χ3n) is 6.62. The second kappa shape index (κ2) is 10.1. The number of carbonyl (C=O) groups is 3. The van der Waals surface area contributed by atoms with Gasteiger partial charge in [0.15, 0.2) is 0 Å². The van der Waals surface area contributed by atoms with Crippen molar-refractivity contribution in [3.8, 4) is 0 Å². The fourth-order valence-electron chi connectivity index (χ4n) is 4.81. The summed E-state index contributed by atoms with van der Waals surface area (Å²) >= 11 is 0. The van der Waals surface area contributed by atoms with Gasteiger partial charge in [-0.1, -0.05) is 19.3 Å². The Morgan fingerprint density at radius 2 is 1.74 bits per heavy atom. The van der Waals surface area contributed by atoms with E-state index in [0.717, 1.165) is 32.1 Å². The van der Waals surface area contributed by atoms with E-state index in [1.807, 2.05) is 20.8 Å². The number of fused-ring (bicyclic) bond motifs is 1. The van der Waals surface area contributed by atoms with Gasteiger partial charge in [0, 0.05) is 31.0 Å². The number of aromatic nitrogens is 3. The van der Waals surface area contributed by atoms with Gasteiger partial charge in [-0.15, -0.1) is 0 Å². The van der Waals surface area contributed by atoms with Gasteiger partial charge in [0.2, 0.25) is 5.91 Å². The second-order valence-electron chi connectivity index (χ2n) is 10.4. The zero-order valence-corrected chi connectivity index (χ0v) is 20.6. The first-order valence-electron chi connectivity index (χ1n) is 12.3. The summed E-state index contributed by atoms with van der Waals surface area (Å²) in [5.74, 6) is -0.844. The molecule has 0 unspecified atom stereocenters. The molecule has 35 heavy (non-hydrogen) atoms. The largest absolute Gasteiger partial charge is 0.444 e. The van der Waals surface area contributed by atoms with Crippen molar-refractivity contribution in [1.82, 2.24) is 30.3 Å². The van der Waals surface area contributed by atoms with Gasteiger partial charge in [-0.3, -0.25) is 25.2 Å². The molecule has 3 N–H and O–H groups in total. The summed E-state index contributed by atoms with van der Waals surface area (Å²) in [5.41, 5.74) is 5.18. The van der Waals surface area contributed by atoms with Gasteiger partial charge < -0.3 is 14.6 Å². The van der Waals surface area contributed by atoms with Crippen LogP contribution >= 0.6 is 0 Å². The number of amides is 3. The van der Waals surface area contributed by atoms with Gasteiger partial charge in [0.25, 0.3) is 11.5 Å². The topological polar surface area (TPSA) is 138 Å². The van der Waals surface area contributed by atoms with Crippen LogP contribution < -0.4 is 16.4 Å². The van der Waals surface area contributed by atoms with Crippen LogP contribution in [0.3, 0.4) is 0 Å². The number of nitrogens with one attached hydrogen (secondary N) is 3. The van der Waals surface area contributed by atoms with E-state index in [1.165, 1.54) is 12.3 Å². The molecular formula is C24H34N6O5. The van der Waals surface area contributed by atoms with E-state index < -0.39 is 11.5 Å². The molecule has 1 aliphatic carbocycles. The van der Waals surface area contributed by atoms with Crippen molar-refractivity contribution in [2.24, 2.45) is 5.92 Å². The first kappa shape index (κ1) is 24.7. The lowest BCUT2D eigenvalue weighted by molar-refractivity contribution is -0.126. The number of hydrogen-bond donors (Lipinski definition) is 3. The van der Waals surface area contributed by atoms with Crippen LogP contribution in [0.4, 0.5) is 4.79 Å². The average molecular weight is 487 g/mol. The maximum Gasteiger partial charge on any atom is 0.410 e. The number of piperidine rings is 1. The van der Waals surface area contributed by atoms with Gasteiger partial charge in [-0.25, -0.2) is 9.31 Å². The Morgan fingerprint density at radius 1 is 1.06 bits per heavy atom. The van der Waals surface area contributed by atoms with Crippen molar-refractivity contribution < 1.29 is 19.1 Å². The van der Waals surface area contributed by atoms with Gasteiger partial charge in [-0.2, -0.15) is 5.10 Å². The summed E-state index contributed by atoms with van der Waals surface area (Å²) < 4.78 is 7.02. The number of ether oxygens (including phenoxy) is 1. The van der Waals surface area contributed by atoms with E-state index in [1.54, 1.807) is 9.42 Å². The van der Waals surface area contributed by atoms with Crippen LogP contribution in [0.25, 0.3) is 5.65 Å². The minimum atomic E-state index is -0.561. The monoisotopic (exact) mass is 486 g/mol. The summed E-state index contributed by atoms with van der Waals surface area (Å²) in [7, 11) is 0. The summed E-state index contributed by atoms with van der Waals surface area (Å²) in [5, 5.41) is 4.34. The third-order valence-corrected chi connectivity index (χ3v) is 6.62. The lowest BCUT2D eigenvalue weighted by Crippen LogP contribution is -2.45. The molecule has 3 amide bonds. The van der Waals surface area contributed by atoms with Gasteiger partial charge >= 0.3 is 6.09 Å². The highest BCUT2D eigenvalue weighted by Gasteiger charge is 2.30. The molecule has 190 valence electrons. The fraction of sp³-hybridized carbons (Fsp3) is 0.625. The highest BCUT2D eigenvalue weighted by molar-refractivity contribution is 6.00. The molecule has 11 heteroatoms. The Kier molecular flexibility index (Phi) is 7.13. The SMILES string of the molecule is CC(C)(C)OC(=O)N1CCC(c2cc(=O)[nH]c3c(C(=O)NNC(=O)C4CCCCC4)cnn23)CC1. The van der Waals surface area contributed by atoms with Crippen molar-refractivity contribution in [1.29, 1.82) is 0 Å². The zero-order chi connectivity index (χ0) is 25.2. The fourth-order valence-corrected chi connectivity index (χ4v) is 4.81. The second-order valence-corrected chi connectivity index (χ2v) is 10.4. The van der Waals surface area contributed by atoms with Crippen LogP contribution in [0.15, 0.2) is 17.1 Å². The molecule has 0 bridgehead atoms. The summed E-state index contributed by atoms with van der Waals surface area (Å²) in [6, 6.07) is 1.49. The number of hydrogen-bond acceptors (Lipinski definition) is 6. The number of H-pyrrole nitrogens is 1. The molecule has 0 spiro atoms. The molecule has 0 atom stereocenters. The van der Waals surface area contributed by atoms with E-state index in [9.17, 15) is 19.2 Å². The van der Waals surface area contributed by atoms with E-state index in [-0.39, 0.29) is 40.6 Å². The highest BCUT2D eigenvalue weighted by atomic mass is 16.6. The van der Waals surface area contributed by atoms with Gasteiger partial charge in [0.1, 0.15) is 16.8 Å². The molecular weight excluding hydrogens is 452 g/mol. The Hall–Kier alpha value is -3.37. The predicted molar refractivity (Wildman–Crippen MR) is 128 cm³/mol. The molecule has 0 aromatic carbocycles. The molecule has 11 nitrogen and oxygen atoms in total. The number of aromatic amines is 1. The highest BCUT2D eigenvalue weighted by Crippen LogP contribution is 2.29. The zero-order valence-electron chi connectivity index (χ0n) is 20.6. The Balaban J connectivity index is 1.44. The van der Waals surface area contributed by atoms with E-state index in [0.29, 0.717) is 31.6 Å². The van der Waals surface area contributed by atoms with Gasteiger partial charge in [0.05, 0.1) is 11.9 Å². The van der Waals surface area contributed by atoms with Gasteiger partial charge in [-0.05, 0) is 46.5 Å². The third kappa shape index (κ3) is 5.83. The van der Waals surface area contributed by atoms with E-state index in [2.05, 4.69) is 20.9 Å². The lowest BCUT2D eigenvalue weighted by atomic mass is 9.89. The minimum Gasteiger partial charge on any atom is -0.444 e. The van der Waals surface area contributed by atoms with Crippen LogP contribution in [0, 0.1) is 5.92 Å². The molecule has 2 fully saturated rings. The first-order chi connectivity index (χ1) is 16.6. The quantitative estimate of drug-likeness (QED) is 0.570. The summed E-state index contributed by atoms with van der Waals surface area (Å²) in [4.78, 5) is 54.3. The van der Waals surface area contributed by atoms with Crippen LogP contribution in [0.5, 0.6) is 0 Å². The molecule has 4 rings (SSSR count). The first-order valence-corrected chi connectivity index (χ1v) is 12.3. The molecule has 1 saturated carbocycles. The van der Waals surface area contributed by atoms with Crippen LogP contribution in [0.1, 0.15) is 87.7 Å². The Labute approximate surface area is 203 Å². The molecule has 0 radical (unpaired) electrons. The maximum absolute atomic E-state index is 12.8. The Bertz CT molecular complexity index is 1150. The van der Waals surface area contributed by atoms with Crippen molar-refractivity contribution in [2.75, 3.05) is 13.1 Å². The molecule has 1 saturated heterocycles. The normalized spacial score (nSPS) is 17.9. The average Bonchev–Trinajstić information content (AvgIpc) is 3.25. The number of rotatable bonds is 3. The smallest absolute Gasteiger partial charge is 0.410 e. The number of hydrazine groups is 1. The summed E-state index contributed by atoms with van der Waals surface area (Å²) in [6.07, 6.45) is 7.11. The minimum absolute atomic E-state index is 0.0136. The van der Waals surface area contributed by atoms with Crippen molar-refractivity contribution in [2.45, 2.75) is 77.2 Å². The van der Waals surface area contributed by atoms with Crippen molar-refractivity contribution in [3.63, 3.8) is 0 Å². The lowest BCUT2D eigenvalue weighted by Gasteiger charge is -2.33. The van der Waals surface area contributed by atoms with Crippen LogP contribution in [-0.4, -0.2) is 56.1 Å². The Morgan fingerprint density at radius 3 is 2.40 bits per heavy atom. The standard InChI is InChI=1S/C24H34N6O5/c1-24(2,3)35-23(34)29-11-9-15(10-12-29)18-13-19(31)26-20-17(14-25-30(18)20)22(33)28-27-21(32)16-7-5-4-6-8-16/h13-16H,4-12H2,1-3H3,(H,26,31)(H,27,32)(H,28,33). The maximum atomic E-state index is 12.8. The molecule has 2 aromatic rings. The van der Waals surface area contributed by atoms with Crippen molar-refractivity contribution >= 4 is 23.6 Å². The number of carbonyl (C=O) groups excluding carboxylic acids is 3. The summed E-state index contributed by atoms with van der Waals surface area (Å²) in [6.45, 7) is 6.48. The van der Waals surface area contributed by atoms with Crippen LogP contribution in [0.2, 0.25) is 0 Å². The number of likely N-dealkylation sites (tertiary alicyclic amines) is 1. The molecule has 2 aliphatic rings. The van der Waals surface area contributed by atoms with E-state index in [4.69, 9.17) is 4.74 Å². The molecule has 1 aliphatic heterocycles. The molecule has 3 heterocycles. The van der Waals surface area contributed by atoms with Crippen molar-refractivity contribution in [3.05, 3.63) is 33.9 Å². The van der Waals surface area contributed by atoms with Crippen LogP contribution in [-0.2, 0) is 9.53 Å².